The summed E-state index contributed by atoms with van der Waals surface area (Å²) in [5.41, 5.74) is 0.798. The Balaban J connectivity index is 2.47. The summed E-state index contributed by atoms with van der Waals surface area (Å²) in [6.07, 6.45) is 2.36. The van der Waals surface area contributed by atoms with Gasteiger partial charge in [0.15, 0.2) is 5.11 Å². The van der Waals surface area contributed by atoms with Gasteiger partial charge in [-0.3, -0.25) is 4.79 Å². The fourth-order valence-corrected chi connectivity index (χ4v) is 1.75. The van der Waals surface area contributed by atoms with Crippen LogP contribution in [0.25, 0.3) is 0 Å². The molecule has 4 nitrogen and oxygen atoms in total. The van der Waals surface area contributed by atoms with E-state index in [2.05, 4.69) is 10.6 Å². The summed E-state index contributed by atoms with van der Waals surface area (Å²) in [6.45, 7) is 4.59. The molecule has 0 spiro atoms. The Morgan fingerprint density at radius 2 is 2.16 bits per heavy atom. The lowest BCUT2D eigenvalue weighted by molar-refractivity contribution is -0.119. The van der Waals surface area contributed by atoms with E-state index in [0.717, 1.165) is 24.3 Å². The Morgan fingerprint density at radius 1 is 1.37 bits per heavy atom. The number of anilines is 1. The van der Waals surface area contributed by atoms with Crippen molar-refractivity contribution in [3.8, 4) is 5.75 Å². The first-order valence-corrected chi connectivity index (χ1v) is 6.90. The SMILES string of the molecule is CCCCC(=O)NC(=S)Nc1cccc(OCC)c1. The van der Waals surface area contributed by atoms with Gasteiger partial charge in [-0.05, 0) is 37.7 Å². The number of carbonyl (C=O) groups excluding carboxylic acids is 1. The maximum atomic E-state index is 11.5. The number of nitrogens with one attached hydrogen (secondary N) is 2. The molecule has 0 bridgehead atoms. The molecule has 2 N–H and O–H groups in total. The van der Waals surface area contributed by atoms with E-state index in [-0.39, 0.29) is 5.91 Å². The molecule has 0 unspecified atom stereocenters. The molecule has 1 aromatic rings. The highest BCUT2D eigenvalue weighted by Gasteiger charge is 2.04. The van der Waals surface area contributed by atoms with Gasteiger partial charge in [-0.25, -0.2) is 0 Å². The van der Waals surface area contributed by atoms with Gasteiger partial charge in [-0.15, -0.1) is 0 Å². The third-order valence-corrected chi connectivity index (χ3v) is 2.62. The first kappa shape index (κ1) is 15.4. The van der Waals surface area contributed by atoms with E-state index in [9.17, 15) is 4.79 Å². The summed E-state index contributed by atoms with van der Waals surface area (Å²) in [5, 5.41) is 5.94. The molecule has 1 aromatic carbocycles. The number of hydrogen-bond donors (Lipinski definition) is 2. The van der Waals surface area contributed by atoms with Crippen molar-refractivity contribution in [1.29, 1.82) is 0 Å². The maximum absolute atomic E-state index is 11.5. The summed E-state index contributed by atoms with van der Waals surface area (Å²) >= 11 is 5.09. The Morgan fingerprint density at radius 3 is 2.84 bits per heavy atom. The predicted molar refractivity (Wildman–Crippen MR) is 81.5 cm³/mol. The zero-order chi connectivity index (χ0) is 14.1. The Kier molecular flexibility index (Phi) is 6.89. The average Bonchev–Trinajstić information content (AvgIpc) is 2.37. The van der Waals surface area contributed by atoms with Gasteiger partial charge in [0.2, 0.25) is 5.91 Å². The van der Waals surface area contributed by atoms with Crippen LogP contribution in [0.1, 0.15) is 33.1 Å². The third kappa shape index (κ3) is 6.20. The summed E-state index contributed by atoms with van der Waals surface area (Å²) in [5.74, 6) is 0.716. The first-order valence-electron chi connectivity index (χ1n) is 6.49. The topological polar surface area (TPSA) is 50.4 Å². The molecule has 0 heterocycles. The number of thiocarbonyl (C=S) groups is 1. The molecule has 0 saturated heterocycles. The van der Waals surface area contributed by atoms with Crippen LogP contribution in [-0.4, -0.2) is 17.6 Å². The number of benzene rings is 1. The minimum atomic E-state index is -0.0553. The number of unbranched alkanes of at least 4 members (excludes halogenated alkanes) is 1. The van der Waals surface area contributed by atoms with Crippen LogP contribution in [0.2, 0.25) is 0 Å². The van der Waals surface area contributed by atoms with Gasteiger partial charge in [0.1, 0.15) is 5.75 Å². The number of hydrogen-bond acceptors (Lipinski definition) is 3. The summed E-state index contributed by atoms with van der Waals surface area (Å²) in [7, 11) is 0. The first-order chi connectivity index (χ1) is 9.15. The second-order valence-corrected chi connectivity index (χ2v) is 4.47. The third-order valence-electron chi connectivity index (χ3n) is 2.41. The number of amides is 1. The molecule has 0 atom stereocenters. The summed E-state index contributed by atoms with van der Waals surface area (Å²) < 4.78 is 5.39. The molecular formula is C14H20N2O2S. The van der Waals surface area contributed by atoms with Crippen molar-refractivity contribution in [2.75, 3.05) is 11.9 Å². The van der Waals surface area contributed by atoms with E-state index >= 15 is 0 Å². The molecule has 0 fully saturated rings. The highest BCUT2D eigenvalue weighted by molar-refractivity contribution is 7.80. The van der Waals surface area contributed by atoms with Crippen LogP contribution in [0.15, 0.2) is 24.3 Å². The molecule has 104 valence electrons. The molecule has 0 aliphatic heterocycles. The van der Waals surface area contributed by atoms with Crippen LogP contribution in [-0.2, 0) is 4.79 Å². The van der Waals surface area contributed by atoms with Gasteiger partial charge in [-0.2, -0.15) is 0 Å². The minimum Gasteiger partial charge on any atom is -0.494 e. The van der Waals surface area contributed by atoms with E-state index < -0.39 is 0 Å². The van der Waals surface area contributed by atoms with E-state index in [0.29, 0.717) is 18.1 Å². The molecule has 1 rings (SSSR count). The van der Waals surface area contributed by atoms with Crippen LogP contribution in [0.5, 0.6) is 5.75 Å². The zero-order valence-corrected chi connectivity index (χ0v) is 12.2. The number of rotatable bonds is 6. The smallest absolute Gasteiger partial charge is 0.226 e. The fraction of sp³-hybridized carbons (Fsp3) is 0.429. The van der Waals surface area contributed by atoms with Crippen molar-refractivity contribution in [2.24, 2.45) is 0 Å². The van der Waals surface area contributed by atoms with Gasteiger partial charge in [0.05, 0.1) is 6.61 Å². The van der Waals surface area contributed by atoms with Gasteiger partial charge < -0.3 is 15.4 Å². The molecule has 0 aliphatic rings. The Hall–Kier alpha value is -1.62. The molecule has 0 saturated carbocycles. The molecule has 0 radical (unpaired) electrons. The number of ether oxygens (including phenoxy) is 1. The highest BCUT2D eigenvalue weighted by atomic mass is 32.1. The predicted octanol–water partition coefficient (Wildman–Crippen LogP) is 3.09. The zero-order valence-electron chi connectivity index (χ0n) is 11.4. The lowest BCUT2D eigenvalue weighted by Crippen LogP contribution is -2.33. The van der Waals surface area contributed by atoms with Crippen LogP contribution in [0.4, 0.5) is 5.69 Å². The fourth-order valence-electron chi connectivity index (χ4n) is 1.52. The van der Waals surface area contributed by atoms with Gasteiger partial charge in [-0.1, -0.05) is 19.4 Å². The average molecular weight is 280 g/mol. The largest absolute Gasteiger partial charge is 0.494 e. The normalized spacial score (nSPS) is 9.79. The lowest BCUT2D eigenvalue weighted by atomic mass is 10.2. The Labute approximate surface area is 119 Å². The second-order valence-electron chi connectivity index (χ2n) is 4.07. The molecule has 19 heavy (non-hydrogen) atoms. The molecular weight excluding hydrogens is 260 g/mol. The standard InChI is InChI=1S/C14H20N2O2S/c1-3-5-9-13(17)16-14(19)15-11-7-6-8-12(10-11)18-4-2/h6-8,10H,3-5,9H2,1-2H3,(H2,15,16,17,19). The van der Waals surface area contributed by atoms with Crippen molar-refractivity contribution in [2.45, 2.75) is 33.1 Å². The second kappa shape index (κ2) is 8.48. The molecule has 1 amide bonds. The van der Waals surface area contributed by atoms with Crippen molar-refractivity contribution >= 4 is 28.9 Å². The maximum Gasteiger partial charge on any atom is 0.226 e. The van der Waals surface area contributed by atoms with Crippen LogP contribution >= 0.6 is 12.2 Å². The van der Waals surface area contributed by atoms with Gasteiger partial charge >= 0.3 is 0 Å². The van der Waals surface area contributed by atoms with E-state index in [1.54, 1.807) is 0 Å². The highest BCUT2D eigenvalue weighted by Crippen LogP contribution is 2.17. The van der Waals surface area contributed by atoms with Gasteiger partial charge in [0.25, 0.3) is 0 Å². The van der Waals surface area contributed by atoms with Crippen LogP contribution in [0.3, 0.4) is 0 Å². The number of carbonyl (C=O) groups is 1. The minimum absolute atomic E-state index is 0.0553. The van der Waals surface area contributed by atoms with Crippen LogP contribution < -0.4 is 15.4 Å². The molecule has 0 aliphatic carbocycles. The van der Waals surface area contributed by atoms with E-state index in [4.69, 9.17) is 17.0 Å². The van der Waals surface area contributed by atoms with E-state index in [1.165, 1.54) is 0 Å². The Bertz CT molecular complexity index is 435. The molecule has 5 heteroatoms. The van der Waals surface area contributed by atoms with Gasteiger partial charge in [0, 0.05) is 18.2 Å². The summed E-state index contributed by atoms with van der Waals surface area (Å²) in [4.78, 5) is 11.5. The lowest BCUT2D eigenvalue weighted by Gasteiger charge is -2.10. The molecule has 0 aromatic heterocycles. The van der Waals surface area contributed by atoms with Crippen molar-refractivity contribution in [3.05, 3.63) is 24.3 Å². The van der Waals surface area contributed by atoms with Crippen LogP contribution in [0, 0.1) is 0 Å². The quantitative estimate of drug-likeness (QED) is 0.786. The van der Waals surface area contributed by atoms with Crippen molar-refractivity contribution in [3.63, 3.8) is 0 Å². The van der Waals surface area contributed by atoms with Crippen molar-refractivity contribution in [1.82, 2.24) is 5.32 Å². The monoisotopic (exact) mass is 280 g/mol. The van der Waals surface area contributed by atoms with Crippen molar-refractivity contribution < 1.29 is 9.53 Å². The summed E-state index contributed by atoms with van der Waals surface area (Å²) in [6, 6.07) is 7.45. The van der Waals surface area contributed by atoms with E-state index in [1.807, 2.05) is 38.1 Å².